The molecule has 4 aromatic rings. The summed E-state index contributed by atoms with van der Waals surface area (Å²) in [4.78, 5) is 16.7. The Labute approximate surface area is 253 Å². The number of aryl methyl sites for hydroxylation is 1. The van der Waals surface area contributed by atoms with Crippen molar-refractivity contribution in [1.82, 2.24) is 4.98 Å². The van der Waals surface area contributed by atoms with E-state index in [2.05, 4.69) is 47.5 Å². The number of thioether (sulfide) groups is 1. The van der Waals surface area contributed by atoms with Gasteiger partial charge in [0.1, 0.15) is 14.5 Å². The van der Waals surface area contributed by atoms with Gasteiger partial charge >= 0.3 is 5.97 Å². The largest absolute Gasteiger partial charge is 0.469 e. The predicted octanol–water partition coefficient (Wildman–Crippen LogP) is 9.16. The van der Waals surface area contributed by atoms with Gasteiger partial charge in [0.25, 0.3) is 0 Å². The van der Waals surface area contributed by atoms with Crippen LogP contribution in [0.2, 0.25) is 5.02 Å². The number of thiophene rings is 1. The third-order valence-corrected chi connectivity index (χ3v) is 11.7. The molecule has 1 atom stereocenters. The first-order valence-electron chi connectivity index (χ1n) is 13.5. The molecule has 1 N–H and O–H groups in total. The number of carbonyl (C=O) groups excluding carboxylic acids is 1. The van der Waals surface area contributed by atoms with E-state index in [1.807, 2.05) is 49.2 Å². The van der Waals surface area contributed by atoms with Crippen LogP contribution in [0.3, 0.4) is 0 Å². The van der Waals surface area contributed by atoms with E-state index in [0.29, 0.717) is 11.4 Å². The lowest BCUT2D eigenvalue weighted by molar-refractivity contribution is -0.141. The van der Waals surface area contributed by atoms with E-state index in [4.69, 9.17) is 16.3 Å². The number of hydrogen-bond donors (Lipinski definition) is 1. The minimum Gasteiger partial charge on any atom is -0.469 e. The average molecular weight is 612 g/mol. The number of aliphatic hydroxyl groups is 1. The lowest BCUT2D eigenvalue weighted by Crippen LogP contribution is -2.18. The molecule has 1 fully saturated rings. The number of rotatable bonds is 12. The minimum atomic E-state index is -0.892. The van der Waals surface area contributed by atoms with Crippen molar-refractivity contribution in [2.75, 3.05) is 12.9 Å². The van der Waals surface area contributed by atoms with E-state index in [9.17, 15) is 9.90 Å². The van der Waals surface area contributed by atoms with Gasteiger partial charge < -0.3 is 9.84 Å². The van der Waals surface area contributed by atoms with Crippen molar-refractivity contribution in [2.45, 2.75) is 56.8 Å². The van der Waals surface area contributed by atoms with E-state index < -0.39 is 5.60 Å². The smallest absolute Gasteiger partial charge is 0.306 e. The zero-order valence-electron chi connectivity index (χ0n) is 23.0. The first-order chi connectivity index (χ1) is 19.2. The van der Waals surface area contributed by atoms with E-state index in [1.165, 1.54) is 18.2 Å². The fourth-order valence-corrected chi connectivity index (χ4v) is 8.84. The number of ether oxygens (including phenoxy) is 1. The molecule has 0 radical (unpaired) electrons. The predicted molar refractivity (Wildman–Crippen MR) is 171 cm³/mol. The molecule has 2 aromatic carbocycles. The highest BCUT2D eigenvalue weighted by molar-refractivity contribution is 7.99. The molecule has 1 aliphatic carbocycles. The molecule has 0 aliphatic heterocycles. The van der Waals surface area contributed by atoms with Gasteiger partial charge in [0.05, 0.1) is 24.2 Å². The highest BCUT2D eigenvalue weighted by Crippen LogP contribution is 2.53. The normalized spacial score (nSPS) is 15.5. The van der Waals surface area contributed by atoms with Gasteiger partial charge in [-0.15, -0.1) is 22.7 Å². The average Bonchev–Trinajstić information content (AvgIpc) is 3.43. The number of hydrogen-bond acceptors (Lipinski definition) is 7. The molecule has 0 bridgehead atoms. The molecular formula is C32H34ClNO3S3. The molecular weight excluding hydrogens is 578 g/mol. The van der Waals surface area contributed by atoms with Crippen LogP contribution in [0.1, 0.15) is 72.0 Å². The third kappa shape index (κ3) is 7.18. The zero-order valence-corrected chi connectivity index (χ0v) is 26.2. The Morgan fingerprint density at radius 2 is 2.02 bits per heavy atom. The van der Waals surface area contributed by atoms with Crippen LogP contribution in [0.4, 0.5) is 0 Å². The molecule has 40 heavy (non-hydrogen) atoms. The van der Waals surface area contributed by atoms with Gasteiger partial charge in [-0.3, -0.25) is 4.79 Å². The van der Waals surface area contributed by atoms with E-state index in [0.717, 1.165) is 57.1 Å². The number of nitrogens with zero attached hydrogens (tertiary/aromatic N) is 1. The van der Waals surface area contributed by atoms with Gasteiger partial charge in [-0.05, 0) is 73.3 Å². The molecule has 5 rings (SSSR count). The standard InChI is InChI=1S/C32H34ClNO3S3/c1-31(2,36)24-10-5-4-8-22(24)12-13-26(39-20-32(15-16-32)18-28(35)37-3)23-9-6-7-21(17-23)11-14-27-34-29-25(33)19-38-30(29)40-27/h4-11,14,17,19,26,36H,12-13,15-16,18,20H2,1-3H3. The molecule has 4 nitrogen and oxygen atoms in total. The Hall–Kier alpha value is -2.16. The number of benzene rings is 2. The second-order valence-electron chi connectivity index (χ2n) is 11.1. The topological polar surface area (TPSA) is 59.4 Å². The third-order valence-electron chi connectivity index (χ3n) is 7.46. The quantitative estimate of drug-likeness (QED) is 0.162. The van der Waals surface area contributed by atoms with Crippen molar-refractivity contribution in [3.8, 4) is 0 Å². The summed E-state index contributed by atoms with van der Waals surface area (Å²) in [5.74, 6) is 0.806. The van der Waals surface area contributed by atoms with Crippen molar-refractivity contribution >= 4 is 73.7 Å². The maximum atomic E-state index is 12.0. The molecule has 0 spiro atoms. The fourth-order valence-electron chi connectivity index (χ4n) is 4.99. The number of fused-ring (bicyclic) bond motifs is 1. The van der Waals surface area contributed by atoms with Gasteiger partial charge in [0, 0.05) is 16.4 Å². The van der Waals surface area contributed by atoms with Gasteiger partial charge in [-0.1, -0.05) is 66.2 Å². The summed E-state index contributed by atoms with van der Waals surface area (Å²) in [6.07, 6.45) is 8.60. The number of aromatic nitrogens is 1. The van der Waals surface area contributed by atoms with Crippen molar-refractivity contribution in [3.63, 3.8) is 0 Å². The lowest BCUT2D eigenvalue weighted by Gasteiger charge is -2.24. The van der Waals surface area contributed by atoms with Crippen molar-refractivity contribution < 1.29 is 14.6 Å². The highest BCUT2D eigenvalue weighted by atomic mass is 35.5. The van der Waals surface area contributed by atoms with Crippen LogP contribution in [-0.4, -0.2) is 28.9 Å². The van der Waals surface area contributed by atoms with E-state index in [1.54, 1.807) is 22.7 Å². The molecule has 2 aromatic heterocycles. The van der Waals surface area contributed by atoms with Crippen molar-refractivity contribution in [1.29, 1.82) is 0 Å². The number of halogens is 1. The number of esters is 1. The number of carbonyl (C=O) groups is 1. The molecule has 2 heterocycles. The minimum absolute atomic E-state index is 0.0531. The summed E-state index contributed by atoms with van der Waals surface area (Å²) in [7, 11) is 1.47. The van der Waals surface area contributed by atoms with Crippen LogP contribution in [0.15, 0.2) is 53.9 Å². The van der Waals surface area contributed by atoms with E-state index >= 15 is 0 Å². The zero-order chi connectivity index (χ0) is 28.3. The van der Waals surface area contributed by atoms with Crippen LogP contribution in [-0.2, 0) is 21.6 Å². The maximum absolute atomic E-state index is 12.0. The second kappa shape index (κ2) is 12.4. The van der Waals surface area contributed by atoms with Crippen LogP contribution < -0.4 is 0 Å². The van der Waals surface area contributed by atoms with Crippen molar-refractivity contribution in [2.24, 2.45) is 5.41 Å². The molecule has 8 heteroatoms. The molecule has 0 saturated heterocycles. The monoisotopic (exact) mass is 611 g/mol. The summed E-state index contributed by atoms with van der Waals surface area (Å²) in [6, 6.07) is 16.9. The Kier molecular flexibility index (Phi) is 9.08. The summed E-state index contributed by atoms with van der Waals surface area (Å²) < 4.78 is 6.12. The molecule has 1 saturated carbocycles. The van der Waals surface area contributed by atoms with Gasteiger partial charge in [-0.25, -0.2) is 4.98 Å². The van der Waals surface area contributed by atoms with E-state index in [-0.39, 0.29) is 16.6 Å². The summed E-state index contributed by atoms with van der Waals surface area (Å²) >= 11 is 11.5. The fraction of sp³-hybridized carbons (Fsp3) is 0.375. The lowest BCUT2D eigenvalue weighted by atomic mass is 9.90. The maximum Gasteiger partial charge on any atom is 0.306 e. The first kappa shape index (κ1) is 29.3. The van der Waals surface area contributed by atoms with Crippen LogP contribution in [0.5, 0.6) is 0 Å². The van der Waals surface area contributed by atoms with Crippen LogP contribution >= 0.6 is 46.0 Å². The molecule has 0 amide bonds. The summed E-state index contributed by atoms with van der Waals surface area (Å²) in [6.45, 7) is 3.69. The number of methoxy groups -OCH3 is 1. The van der Waals surface area contributed by atoms with Gasteiger partial charge in [0.2, 0.25) is 0 Å². The van der Waals surface area contributed by atoms with Gasteiger partial charge in [-0.2, -0.15) is 11.8 Å². The highest BCUT2D eigenvalue weighted by Gasteiger charge is 2.45. The molecule has 1 unspecified atom stereocenters. The Morgan fingerprint density at radius 1 is 1.23 bits per heavy atom. The number of thiazole rings is 1. The molecule has 210 valence electrons. The SMILES string of the molecule is COC(=O)CC1(CSC(CCc2ccccc2C(C)(C)O)c2cccc(C=Cc3nc4c(Cl)csc4s3)c2)CC1. The second-order valence-corrected chi connectivity index (χ2v) is 14.8. The first-order valence-corrected chi connectivity index (χ1v) is 16.6. The molecule has 1 aliphatic rings. The van der Waals surface area contributed by atoms with Gasteiger partial charge in [0.15, 0.2) is 0 Å². The van der Waals surface area contributed by atoms with Crippen LogP contribution in [0.25, 0.3) is 21.7 Å². The van der Waals surface area contributed by atoms with Crippen LogP contribution in [0, 0.1) is 5.41 Å². The Bertz CT molecular complexity index is 1510. The van der Waals surface area contributed by atoms with Crippen molar-refractivity contribution in [3.05, 3.63) is 86.2 Å². The Balaban J connectivity index is 1.36. The Morgan fingerprint density at radius 3 is 2.75 bits per heavy atom. The summed E-state index contributed by atoms with van der Waals surface area (Å²) in [5, 5.41) is 14.6. The summed E-state index contributed by atoms with van der Waals surface area (Å²) in [5.41, 5.74) is 4.59.